The summed E-state index contributed by atoms with van der Waals surface area (Å²) in [6.07, 6.45) is 11.7. The lowest BCUT2D eigenvalue weighted by Gasteiger charge is -2.12. The average Bonchev–Trinajstić information content (AvgIpc) is 1.52. The third-order valence-electron chi connectivity index (χ3n) is 31.3. The molecule has 0 atom stereocenters. The molecular formula is C131H73N15. The van der Waals surface area contributed by atoms with Crippen LogP contribution in [0.25, 0.3) is 312 Å². The van der Waals surface area contributed by atoms with Crippen LogP contribution < -0.4 is 0 Å². The molecular weight excluding hydrogens is 1780 g/mol. The van der Waals surface area contributed by atoms with E-state index in [1.807, 2.05) is 61.2 Å². The van der Waals surface area contributed by atoms with Crippen LogP contribution in [0.4, 0.5) is 5.69 Å². The fourth-order valence-electron chi connectivity index (χ4n) is 25.5. The molecule has 0 saturated heterocycles. The Balaban J connectivity index is 0.0000000958. The minimum Gasteiger partial charge on any atom is -0.308 e. The Morgan fingerprint density at radius 1 is 0.212 bits per heavy atom. The molecule has 0 bridgehead atoms. The number of benzene rings is 19. The zero-order chi connectivity index (χ0) is 95.1. The predicted molar refractivity (Wildman–Crippen MR) is 603 cm³/mol. The summed E-state index contributed by atoms with van der Waals surface area (Å²) in [6, 6.07) is 146. The largest absolute Gasteiger partial charge is 0.308 e. The molecule has 0 N–H and O–H groups in total. The smallest absolute Gasteiger partial charge is 0.237 e. The Bertz CT molecular complexity index is 11900. The fourth-order valence-corrected chi connectivity index (χ4v) is 25.5. The maximum atomic E-state index is 7.65. The van der Waals surface area contributed by atoms with E-state index < -0.39 is 0 Å². The van der Waals surface area contributed by atoms with Crippen LogP contribution >= 0.6 is 0 Å². The molecule has 0 saturated carbocycles. The molecule has 0 aliphatic heterocycles. The molecule has 0 amide bonds. The standard InChI is InChI=1S/C45H26N4.C44H25N5.C42H22N6/c1-2-14-29(15-3-1)47-36-20-10-7-17-31(36)42-40(47)25-46-26-41(42)48-38-23-28-13-5-4-12-27(28)22-34(38)43-39(48)24-33-30-16-6-9-19-35(30)49-37-21-11-8-18-32(37)44(43)45(33)49;1-2-10-27-22-38-34(21-26(27)9-1)42-39(23-33-30-12-4-7-15-36(30)49-37-16-8-5-13-32(37)43(42)44(33)49)48(38)41-18-17-28(24-46-41)47-35-14-6-3-11-29(35)31-19-20-45-25-40(31)47;1-43-27-13-8-12-26(20-27)39-30-16-9-19-44-41(30)46-42(45-39)48-35-22-25-11-3-2-10-24(25)21-32(35)37-36(48)23-31-28-14-4-6-17-33(28)47-34-18-7-5-15-29(34)38(37)40(31)47/h1-26H;1-25H;2-23H. The Labute approximate surface area is 827 Å². The Morgan fingerprint density at radius 3 is 1.12 bits per heavy atom. The van der Waals surface area contributed by atoms with Gasteiger partial charge in [0.1, 0.15) is 5.82 Å². The summed E-state index contributed by atoms with van der Waals surface area (Å²) in [6.45, 7) is 7.65. The van der Waals surface area contributed by atoms with Gasteiger partial charge < -0.3 is 26.9 Å². The van der Waals surface area contributed by atoms with Gasteiger partial charge in [0.2, 0.25) is 5.95 Å². The van der Waals surface area contributed by atoms with Crippen LogP contribution in [0.5, 0.6) is 0 Å². The number of fused-ring (bicyclic) bond motifs is 40. The van der Waals surface area contributed by atoms with Crippen molar-refractivity contribution in [1.29, 1.82) is 0 Å². The van der Waals surface area contributed by atoms with E-state index in [9.17, 15) is 0 Å². The van der Waals surface area contributed by atoms with Crippen LogP contribution in [0.2, 0.25) is 0 Å². The monoisotopic (exact) mass is 1860 g/mol. The molecule has 15 nitrogen and oxygen atoms in total. The first kappa shape index (κ1) is 78.7. The number of hydrogen-bond acceptors (Lipinski definition) is 6. The van der Waals surface area contributed by atoms with Crippen LogP contribution in [-0.2, 0) is 0 Å². The minimum atomic E-state index is 0.543. The second-order valence-electron chi connectivity index (χ2n) is 38.7. The van der Waals surface area contributed by atoms with Crippen molar-refractivity contribution in [3.8, 4) is 40.1 Å². The lowest BCUT2D eigenvalue weighted by Crippen LogP contribution is -2.04. The summed E-state index contributed by atoms with van der Waals surface area (Å²) in [4.78, 5) is 33.6. The zero-order valence-corrected chi connectivity index (χ0v) is 77.9. The summed E-state index contributed by atoms with van der Waals surface area (Å²) in [5.41, 5.74) is 28.4. The van der Waals surface area contributed by atoms with Gasteiger partial charge in [-0.25, -0.2) is 19.8 Å². The van der Waals surface area contributed by atoms with Crippen molar-refractivity contribution in [2.24, 2.45) is 0 Å². The first-order valence-electron chi connectivity index (χ1n) is 49.4. The second-order valence-corrected chi connectivity index (χ2v) is 38.7. The molecule has 16 aromatic heterocycles. The highest BCUT2D eigenvalue weighted by molar-refractivity contribution is 6.40. The average molecular weight is 1860 g/mol. The lowest BCUT2D eigenvalue weighted by molar-refractivity contribution is 1.01. The molecule has 16 heterocycles. The molecule has 0 unspecified atom stereocenters. The van der Waals surface area contributed by atoms with Gasteiger partial charge in [0, 0.05) is 142 Å². The fraction of sp³-hybridized carbons (Fsp3) is 0. The minimum absolute atomic E-state index is 0.543. The topological polar surface area (TPSA) is 120 Å². The van der Waals surface area contributed by atoms with Crippen molar-refractivity contribution in [2.45, 2.75) is 0 Å². The van der Waals surface area contributed by atoms with Gasteiger partial charge in [-0.1, -0.05) is 255 Å². The molecule has 19 aromatic carbocycles. The van der Waals surface area contributed by atoms with Crippen molar-refractivity contribution < 1.29 is 0 Å². The molecule has 672 valence electrons. The Kier molecular flexibility index (Phi) is 15.9. The number of aromatic nitrogens is 14. The van der Waals surface area contributed by atoms with Gasteiger partial charge in [-0.05, 0) is 190 Å². The second kappa shape index (κ2) is 29.5. The van der Waals surface area contributed by atoms with Gasteiger partial charge in [0.25, 0.3) is 0 Å². The molecule has 35 aromatic rings. The van der Waals surface area contributed by atoms with Gasteiger partial charge in [0.05, 0.1) is 153 Å². The molecule has 35 rings (SSSR count). The molecule has 0 spiro atoms. The molecule has 15 heteroatoms. The van der Waals surface area contributed by atoms with Crippen molar-refractivity contribution in [3.63, 3.8) is 0 Å². The Morgan fingerprint density at radius 2 is 0.616 bits per heavy atom. The van der Waals surface area contributed by atoms with Crippen molar-refractivity contribution >= 4 is 272 Å². The van der Waals surface area contributed by atoms with E-state index in [0.717, 1.165) is 88.9 Å². The highest BCUT2D eigenvalue weighted by atomic mass is 15.2. The number of para-hydroxylation sites is 9. The number of rotatable bonds is 6. The van der Waals surface area contributed by atoms with Crippen LogP contribution in [0.15, 0.2) is 444 Å². The molecule has 0 radical (unpaired) electrons. The van der Waals surface area contributed by atoms with E-state index >= 15 is 0 Å². The first-order chi connectivity index (χ1) is 72.4. The summed E-state index contributed by atoms with van der Waals surface area (Å²) < 4.78 is 19.1. The number of nitrogens with zero attached hydrogens (tertiary/aromatic N) is 15. The molecule has 0 aliphatic rings. The maximum absolute atomic E-state index is 7.65. The van der Waals surface area contributed by atoms with E-state index in [1.165, 1.54) is 206 Å². The number of hydrogen-bond donors (Lipinski definition) is 0. The van der Waals surface area contributed by atoms with Crippen LogP contribution in [-0.4, -0.2) is 65.9 Å². The van der Waals surface area contributed by atoms with E-state index in [4.69, 9.17) is 31.5 Å². The van der Waals surface area contributed by atoms with Crippen LogP contribution in [0.3, 0.4) is 0 Å². The SMILES string of the molecule is [C-]#[N+]c1cccc(-c2nc(-n3c4cc5ccccc5cc4c4c5c6ccccc6n6c7ccccc7c(cc43)c56)nc3ncccc23)c1.c1ccc(-n2c3ccccc3c3c(-n4c5cc6ccccc6cc5c5c6c7ccccc7n7c8ccccc8c(cc54)c67)cncc32)cc1.c1ccc2cc3c(cc2c1)c1c2c4ccccc4n4c5ccccc5c(cc1n3-c1ccc(-n3c5ccccc5c5ccncc53)cn1)c24. The molecule has 146 heavy (non-hydrogen) atoms. The van der Waals surface area contributed by atoms with E-state index in [1.54, 1.807) is 6.20 Å². The quantitative estimate of drug-likeness (QED) is 0.153. The summed E-state index contributed by atoms with van der Waals surface area (Å²) in [5, 5.41) is 35.3. The van der Waals surface area contributed by atoms with Crippen molar-refractivity contribution in [1.82, 2.24) is 65.9 Å². The predicted octanol–water partition coefficient (Wildman–Crippen LogP) is 33.2. The molecule has 0 aliphatic carbocycles. The van der Waals surface area contributed by atoms with Gasteiger partial charge in [-0.15, -0.1) is 0 Å². The van der Waals surface area contributed by atoms with Gasteiger partial charge in [-0.3, -0.25) is 19.1 Å². The number of pyridine rings is 4. The highest BCUT2D eigenvalue weighted by Crippen LogP contribution is 2.54. The van der Waals surface area contributed by atoms with Crippen molar-refractivity contribution in [3.05, 3.63) is 455 Å². The first-order valence-corrected chi connectivity index (χ1v) is 49.4. The van der Waals surface area contributed by atoms with Crippen LogP contribution in [0, 0.1) is 6.57 Å². The van der Waals surface area contributed by atoms with Gasteiger partial charge in [-0.2, -0.15) is 4.98 Å². The van der Waals surface area contributed by atoms with Gasteiger partial charge in [0.15, 0.2) is 11.3 Å². The summed E-state index contributed by atoms with van der Waals surface area (Å²) >= 11 is 0. The van der Waals surface area contributed by atoms with E-state index in [0.29, 0.717) is 17.3 Å². The maximum Gasteiger partial charge on any atom is 0.237 e. The zero-order valence-electron chi connectivity index (χ0n) is 77.9. The van der Waals surface area contributed by atoms with Gasteiger partial charge >= 0.3 is 0 Å². The third-order valence-corrected chi connectivity index (χ3v) is 31.3. The third kappa shape index (κ3) is 10.6. The summed E-state index contributed by atoms with van der Waals surface area (Å²) in [5.74, 6) is 1.43. The Hall–Kier alpha value is -20.2. The molecule has 0 fully saturated rings. The highest BCUT2D eigenvalue weighted by Gasteiger charge is 2.32. The van der Waals surface area contributed by atoms with E-state index in [2.05, 4.69) is 422 Å². The summed E-state index contributed by atoms with van der Waals surface area (Å²) in [7, 11) is 0. The lowest BCUT2D eigenvalue weighted by atomic mass is 10.0. The van der Waals surface area contributed by atoms with Crippen molar-refractivity contribution in [2.75, 3.05) is 0 Å². The van der Waals surface area contributed by atoms with E-state index in [-0.39, 0.29) is 0 Å². The normalized spacial score (nSPS) is 12.4. The van der Waals surface area contributed by atoms with Crippen LogP contribution in [0.1, 0.15) is 0 Å².